The second-order valence-corrected chi connectivity index (χ2v) is 4.89. The average molecular weight is 219 g/mol. The van der Waals surface area contributed by atoms with Crippen molar-refractivity contribution in [1.82, 2.24) is 0 Å². The van der Waals surface area contributed by atoms with E-state index in [1.54, 1.807) is 0 Å². The Morgan fingerprint density at radius 3 is 2.56 bits per heavy atom. The summed E-state index contributed by atoms with van der Waals surface area (Å²) < 4.78 is 5.42. The number of hydrogen-bond acceptors (Lipinski definition) is 2. The first-order valence-corrected chi connectivity index (χ1v) is 6.16. The van der Waals surface area contributed by atoms with Gasteiger partial charge < -0.3 is 10.5 Å². The van der Waals surface area contributed by atoms with Gasteiger partial charge in [-0.25, -0.2) is 0 Å². The molecule has 0 bridgehead atoms. The topological polar surface area (TPSA) is 35.2 Å². The van der Waals surface area contributed by atoms with E-state index >= 15 is 0 Å². The highest BCUT2D eigenvalue weighted by molar-refractivity contribution is 5.53. The van der Waals surface area contributed by atoms with Crippen LogP contribution >= 0.6 is 0 Å². The summed E-state index contributed by atoms with van der Waals surface area (Å²) in [5.41, 5.74) is 9.83. The zero-order chi connectivity index (χ0) is 11.5. The molecule has 88 valence electrons. The highest BCUT2D eigenvalue weighted by Gasteiger charge is 2.20. The second-order valence-electron chi connectivity index (χ2n) is 4.89. The average Bonchev–Trinajstić information content (AvgIpc) is 2.29. The Morgan fingerprint density at radius 1 is 1.25 bits per heavy atom. The first-order valence-electron chi connectivity index (χ1n) is 6.16. The van der Waals surface area contributed by atoms with Gasteiger partial charge in [0.1, 0.15) is 0 Å². The Bertz CT molecular complexity index is 354. The molecule has 0 unspecified atom stereocenters. The smallest absolute Gasteiger partial charge is 0.0471 e. The summed E-state index contributed by atoms with van der Waals surface area (Å²) in [6.45, 7) is 6.21. The maximum absolute atomic E-state index is 6.10. The van der Waals surface area contributed by atoms with Crippen LogP contribution in [-0.2, 0) is 4.74 Å². The van der Waals surface area contributed by atoms with Gasteiger partial charge in [0.05, 0.1) is 0 Å². The molecule has 0 atom stereocenters. The van der Waals surface area contributed by atoms with Crippen molar-refractivity contribution in [3.63, 3.8) is 0 Å². The van der Waals surface area contributed by atoms with Gasteiger partial charge in [0.2, 0.25) is 0 Å². The molecule has 1 aliphatic rings. The van der Waals surface area contributed by atoms with Crippen LogP contribution in [0.25, 0.3) is 0 Å². The Hall–Kier alpha value is -1.02. The molecule has 1 aromatic carbocycles. The van der Waals surface area contributed by atoms with Gasteiger partial charge in [-0.05, 0) is 41.9 Å². The minimum absolute atomic E-state index is 0.499. The number of benzene rings is 1. The fourth-order valence-corrected chi connectivity index (χ4v) is 2.63. The van der Waals surface area contributed by atoms with Gasteiger partial charge in [0.25, 0.3) is 0 Å². The molecule has 1 fully saturated rings. The molecule has 0 amide bonds. The van der Waals surface area contributed by atoms with Crippen molar-refractivity contribution in [2.24, 2.45) is 0 Å². The molecule has 2 nitrogen and oxygen atoms in total. The summed E-state index contributed by atoms with van der Waals surface area (Å²) in [5, 5.41) is 0. The summed E-state index contributed by atoms with van der Waals surface area (Å²) in [5.74, 6) is 1.13. The van der Waals surface area contributed by atoms with Crippen LogP contribution < -0.4 is 5.73 Å². The van der Waals surface area contributed by atoms with Crippen LogP contribution in [0.5, 0.6) is 0 Å². The van der Waals surface area contributed by atoms with Gasteiger partial charge >= 0.3 is 0 Å². The molecule has 2 heteroatoms. The Balaban J connectivity index is 2.34. The van der Waals surface area contributed by atoms with Crippen LogP contribution in [-0.4, -0.2) is 13.2 Å². The largest absolute Gasteiger partial charge is 0.398 e. The molecule has 0 radical (unpaired) electrons. The lowest BCUT2D eigenvalue weighted by molar-refractivity contribution is 0.0851. The van der Waals surface area contributed by atoms with E-state index in [2.05, 4.69) is 26.0 Å². The summed E-state index contributed by atoms with van der Waals surface area (Å²) in [4.78, 5) is 0. The number of rotatable bonds is 2. The van der Waals surface area contributed by atoms with Crippen LogP contribution in [0, 0.1) is 0 Å². The SMILES string of the molecule is CC(C)c1c(N)cccc1C1CCOCC1. The molecular formula is C14H21NO. The maximum atomic E-state index is 6.10. The van der Waals surface area contributed by atoms with Crippen LogP contribution in [0.2, 0.25) is 0 Å². The number of anilines is 1. The molecule has 0 aliphatic carbocycles. The van der Waals surface area contributed by atoms with Crippen molar-refractivity contribution >= 4 is 5.69 Å². The number of nitrogens with two attached hydrogens (primary N) is 1. The van der Waals surface area contributed by atoms with E-state index in [9.17, 15) is 0 Å². The van der Waals surface area contributed by atoms with E-state index in [-0.39, 0.29) is 0 Å². The van der Waals surface area contributed by atoms with Crippen molar-refractivity contribution in [2.45, 2.75) is 38.5 Å². The molecule has 2 N–H and O–H groups in total. The van der Waals surface area contributed by atoms with Gasteiger partial charge in [0.15, 0.2) is 0 Å². The van der Waals surface area contributed by atoms with E-state index in [0.717, 1.165) is 31.7 Å². The van der Waals surface area contributed by atoms with Crippen LogP contribution in [0.1, 0.15) is 49.7 Å². The molecule has 2 rings (SSSR count). The predicted octanol–water partition coefficient (Wildman–Crippen LogP) is 3.29. The third-order valence-corrected chi connectivity index (χ3v) is 3.41. The zero-order valence-corrected chi connectivity index (χ0v) is 10.2. The Kier molecular flexibility index (Phi) is 3.49. The van der Waals surface area contributed by atoms with E-state index in [0.29, 0.717) is 11.8 Å². The van der Waals surface area contributed by atoms with Crippen molar-refractivity contribution in [3.05, 3.63) is 29.3 Å². The summed E-state index contributed by atoms with van der Waals surface area (Å²) >= 11 is 0. The molecule has 1 aromatic rings. The highest BCUT2D eigenvalue weighted by atomic mass is 16.5. The molecule has 1 heterocycles. The van der Waals surface area contributed by atoms with Gasteiger partial charge in [-0.2, -0.15) is 0 Å². The quantitative estimate of drug-likeness (QED) is 0.775. The second kappa shape index (κ2) is 4.88. The minimum atomic E-state index is 0.499. The molecule has 1 saturated heterocycles. The number of ether oxygens (including phenoxy) is 1. The Morgan fingerprint density at radius 2 is 1.94 bits per heavy atom. The predicted molar refractivity (Wildman–Crippen MR) is 67.7 cm³/mol. The van der Waals surface area contributed by atoms with Crippen molar-refractivity contribution < 1.29 is 4.74 Å². The lowest BCUT2D eigenvalue weighted by atomic mass is 9.84. The van der Waals surface area contributed by atoms with Crippen molar-refractivity contribution in [1.29, 1.82) is 0 Å². The lowest BCUT2D eigenvalue weighted by Gasteiger charge is -2.26. The fourth-order valence-electron chi connectivity index (χ4n) is 2.63. The highest BCUT2D eigenvalue weighted by Crippen LogP contribution is 2.35. The third-order valence-electron chi connectivity index (χ3n) is 3.41. The van der Waals surface area contributed by atoms with E-state index in [1.165, 1.54) is 11.1 Å². The van der Waals surface area contributed by atoms with Crippen molar-refractivity contribution in [3.8, 4) is 0 Å². The number of nitrogen functional groups attached to an aromatic ring is 1. The fraction of sp³-hybridized carbons (Fsp3) is 0.571. The first-order chi connectivity index (χ1) is 7.70. The molecule has 1 aliphatic heterocycles. The van der Waals surface area contributed by atoms with Crippen LogP contribution in [0.4, 0.5) is 5.69 Å². The first kappa shape index (κ1) is 11.5. The number of hydrogen-bond donors (Lipinski definition) is 1. The molecule has 0 saturated carbocycles. The normalized spacial score (nSPS) is 17.9. The molecule has 16 heavy (non-hydrogen) atoms. The van der Waals surface area contributed by atoms with E-state index < -0.39 is 0 Å². The molecule has 0 spiro atoms. The monoisotopic (exact) mass is 219 g/mol. The summed E-state index contributed by atoms with van der Waals surface area (Å²) in [6.07, 6.45) is 2.26. The van der Waals surface area contributed by atoms with Gasteiger partial charge in [-0.15, -0.1) is 0 Å². The van der Waals surface area contributed by atoms with Crippen molar-refractivity contribution in [2.75, 3.05) is 18.9 Å². The van der Waals surface area contributed by atoms with Gasteiger partial charge in [-0.3, -0.25) is 0 Å². The summed E-state index contributed by atoms with van der Waals surface area (Å²) in [6, 6.07) is 6.33. The van der Waals surface area contributed by atoms with Crippen LogP contribution in [0.3, 0.4) is 0 Å². The minimum Gasteiger partial charge on any atom is -0.398 e. The third kappa shape index (κ3) is 2.22. The summed E-state index contributed by atoms with van der Waals surface area (Å²) in [7, 11) is 0. The van der Waals surface area contributed by atoms with E-state index in [1.807, 2.05) is 6.07 Å². The zero-order valence-electron chi connectivity index (χ0n) is 10.2. The Labute approximate surface area is 97.8 Å². The molecular weight excluding hydrogens is 198 g/mol. The van der Waals surface area contributed by atoms with Crippen LogP contribution in [0.15, 0.2) is 18.2 Å². The van der Waals surface area contributed by atoms with E-state index in [4.69, 9.17) is 10.5 Å². The molecule has 0 aromatic heterocycles. The lowest BCUT2D eigenvalue weighted by Crippen LogP contribution is -2.16. The maximum Gasteiger partial charge on any atom is 0.0471 e. The standard InChI is InChI=1S/C14H21NO/c1-10(2)14-12(4-3-5-13(14)15)11-6-8-16-9-7-11/h3-5,10-11H,6-9,15H2,1-2H3. The van der Waals surface area contributed by atoms with Gasteiger partial charge in [0, 0.05) is 18.9 Å². The van der Waals surface area contributed by atoms with Gasteiger partial charge in [-0.1, -0.05) is 26.0 Å².